The van der Waals surface area contributed by atoms with Crippen LogP contribution in [0.2, 0.25) is 0 Å². The van der Waals surface area contributed by atoms with Crippen molar-refractivity contribution in [1.82, 2.24) is 14.5 Å². The maximum atomic E-state index is 11.4. The molecule has 0 amide bonds. The maximum absolute atomic E-state index is 11.4. The summed E-state index contributed by atoms with van der Waals surface area (Å²) in [6.07, 6.45) is 1.69. The van der Waals surface area contributed by atoms with E-state index < -0.39 is 21.5 Å². The molecule has 2 atom stereocenters. The first kappa shape index (κ1) is 17.4. The Kier molecular flexibility index (Phi) is 5.54. The van der Waals surface area contributed by atoms with Gasteiger partial charge in [0.2, 0.25) is 10.0 Å². The molecule has 1 rings (SSSR count). The summed E-state index contributed by atoms with van der Waals surface area (Å²) >= 11 is 0. The highest BCUT2D eigenvalue weighted by Gasteiger charge is 2.35. The number of likely N-dealkylation sites (N-methyl/N-ethyl adjacent to an activating group) is 1. The Morgan fingerprint density at radius 2 is 1.85 bits per heavy atom. The van der Waals surface area contributed by atoms with E-state index in [0.717, 1.165) is 0 Å². The topological polar surface area (TPSA) is 90.0 Å². The van der Waals surface area contributed by atoms with Crippen LogP contribution in [0, 0.1) is 0 Å². The second-order valence-electron chi connectivity index (χ2n) is 5.64. The van der Waals surface area contributed by atoms with Gasteiger partial charge in [-0.3, -0.25) is 9.69 Å². The van der Waals surface area contributed by atoms with E-state index in [-0.39, 0.29) is 6.04 Å². The molecule has 0 aromatic heterocycles. The van der Waals surface area contributed by atoms with Crippen molar-refractivity contribution in [2.24, 2.45) is 0 Å². The third-order valence-electron chi connectivity index (χ3n) is 4.09. The molecule has 1 saturated heterocycles. The monoisotopic (exact) mass is 307 g/mol. The van der Waals surface area contributed by atoms with Gasteiger partial charge in [-0.25, -0.2) is 8.42 Å². The summed E-state index contributed by atoms with van der Waals surface area (Å²) in [5.74, 6) is -0.873. The Balaban J connectivity index is 2.59. The first-order valence-corrected chi connectivity index (χ1v) is 8.56. The minimum absolute atomic E-state index is 0.0743. The van der Waals surface area contributed by atoms with Crippen molar-refractivity contribution in [2.75, 3.05) is 39.5 Å². The van der Waals surface area contributed by atoms with Gasteiger partial charge in [0.1, 0.15) is 5.54 Å². The Bertz CT molecular complexity index is 446. The van der Waals surface area contributed by atoms with Gasteiger partial charge >= 0.3 is 5.97 Å². The van der Waals surface area contributed by atoms with E-state index in [2.05, 4.69) is 10.2 Å². The minimum atomic E-state index is -3.13. The molecule has 0 bridgehead atoms. The van der Waals surface area contributed by atoms with Crippen molar-refractivity contribution in [1.29, 1.82) is 0 Å². The highest BCUT2D eigenvalue weighted by atomic mass is 32.2. The molecule has 1 heterocycles. The standard InChI is InChI=1S/C12H25N3O4S/c1-10(9-12(2,13-3)11(16)17)14-5-7-15(8-6-14)20(4,18)19/h10,13H,5-9H2,1-4H3,(H,16,17). The molecular formula is C12H25N3O4S. The van der Waals surface area contributed by atoms with Crippen LogP contribution >= 0.6 is 0 Å². The molecule has 0 saturated carbocycles. The summed E-state index contributed by atoms with van der Waals surface area (Å²) in [5.41, 5.74) is -0.965. The van der Waals surface area contributed by atoms with Gasteiger partial charge in [0.15, 0.2) is 0 Å². The predicted molar refractivity (Wildman–Crippen MR) is 77.2 cm³/mol. The average molecular weight is 307 g/mol. The summed E-state index contributed by atoms with van der Waals surface area (Å²) in [4.78, 5) is 13.4. The van der Waals surface area contributed by atoms with Crippen LogP contribution in [0.15, 0.2) is 0 Å². The lowest BCUT2D eigenvalue weighted by Gasteiger charge is -2.39. The van der Waals surface area contributed by atoms with E-state index in [1.807, 2.05) is 6.92 Å². The van der Waals surface area contributed by atoms with Crippen molar-refractivity contribution in [3.05, 3.63) is 0 Å². The van der Waals surface area contributed by atoms with E-state index >= 15 is 0 Å². The second kappa shape index (κ2) is 6.38. The lowest BCUT2D eigenvalue weighted by molar-refractivity contribution is -0.144. The van der Waals surface area contributed by atoms with Gasteiger partial charge < -0.3 is 10.4 Å². The molecule has 0 aliphatic carbocycles. The number of hydrogen-bond acceptors (Lipinski definition) is 5. The fourth-order valence-electron chi connectivity index (χ4n) is 2.49. The zero-order chi connectivity index (χ0) is 15.6. The number of piperazine rings is 1. The summed E-state index contributed by atoms with van der Waals surface area (Å²) in [7, 11) is -1.49. The van der Waals surface area contributed by atoms with Crippen molar-refractivity contribution in [3.63, 3.8) is 0 Å². The Morgan fingerprint density at radius 1 is 1.35 bits per heavy atom. The van der Waals surface area contributed by atoms with Crippen molar-refractivity contribution in [3.8, 4) is 0 Å². The molecule has 8 heteroatoms. The van der Waals surface area contributed by atoms with Gasteiger partial charge in [-0.1, -0.05) is 0 Å². The van der Waals surface area contributed by atoms with E-state index in [4.69, 9.17) is 0 Å². The zero-order valence-corrected chi connectivity index (χ0v) is 13.4. The first-order valence-electron chi connectivity index (χ1n) is 6.71. The number of nitrogens with one attached hydrogen (secondary N) is 1. The number of carboxylic acid groups (broad SMARTS) is 1. The minimum Gasteiger partial charge on any atom is -0.480 e. The molecule has 0 aromatic rings. The number of aliphatic carboxylic acids is 1. The summed E-state index contributed by atoms with van der Waals surface area (Å²) in [6.45, 7) is 5.84. The number of carbonyl (C=O) groups is 1. The SMILES string of the molecule is CNC(C)(CC(C)N1CCN(S(C)(=O)=O)CC1)C(=O)O. The van der Waals surface area contributed by atoms with Crippen molar-refractivity contribution < 1.29 is 18.3 Å². The van der Waals surface area contributed by atoms with Gasteiger partial charge in [-0.05, 0) is 27.3 Å². The third-order valence-corrected chi connectivity index (χ3v) is 5.40. The van der Waals surface area contributed by atoms with Crippen molar-refractivity contribution in [2.45, 2.75) is 31.8 Å². The fourth-order valence-corrected chi connectivity index (χ4v) is 3.32. The van der Waals surface area contributed by atoms with E-state index in [9.17, 15) is 18.3 Å². The Labute approximate surface area is 121 Å². The van der Waals surface area contributed by atoms with Crippen LogP contribution in [0.1, 0.15) is 20.3 Å². The largest absolute Gasteiger partial charge is 0.480 e. The Morgan fingerprint density at radius 3 is 2.20 bits per heavy atom. The summed E-state index contributed by atoms with van der Waals surface area (Å²) < 4.78 is 24.4. The van der Waals surface area contributed by atoms with Crippen LogP contribution in [0.3, 0.4) is 0 Å². The van der Waals surface area contributed by atoms with Crippen LogP contribution in [0.5, 0.6) is 0 Å². The van der Waals surface area contributed by atoms with E-state index in [0.29, 0.717) is 32.6 Å². The molecule has 7 nitrogen and oxygen atoms in total. The fraction of sp³-hybridized carbons (Fsp3) is 0.917. The Hall–Kier alpha value is -0.700. The number of carboxylic acids is 1. The smallest absolute Gasteiger partial charge is 0.323 e. The van der Waals surface area contributed by atoms with Crippen LogP contribution in [0.4, 0.5) is 0 Å². The van der Waals surface area contributed by atoms with Crippen molar-refractivity contribution >= 4 is 16.0 Å². The molecule has 0 aromatic carbocycles. The first-order chi connectivity index (χ1) is 9.10. The van der Waals surface area contributed by atoms with Gasteiger partial charge in [0.25, 0.3) is 0 Å². The average Bonchev–Trinajstić information content (AvgIpc) is 2.37. The van der Waals surface area contributed by atoms with Crippen LogP contribution < -0.4 is 5.32 Å². The van der Waals surface area contributed by atoms with E-state index in [1.54, 1.807) is 14.0 Å². The number of sulfonamides is 1. The number of nitrogens with zero attached hydrogens (tertiary/aromatic N) is 2. The van der Waals surface area contributed by atoms with Crippen LogP contribution in [-0.2, 0) is 14.8 Å². The van der Waals surface area contributed by atoms with Crippen LogP contribution in [0.25, 0.3) is 0 Å². The number of hydrogen-bond donors (Lipinski definition) is 2. The summed E-state index contributed by atoms with van der Waals surface area (Å²) in [6, 6.07) is 0.0743. The second-order valence-corrected chi connectivity index (χ2v) is 7.62. The lowest BCUT2D eigenvalue weighted by atomic mass is 9.93. The van der Waals surface area contributed by atoms with Gasteiger partial charge in [0.05, 0.1) is 6.26 Å². The van der Waals surface area contributed by atoms with Gasteiger partial charge in [-0.15, -0.1) is 0 Å². The summed E-state index contributed by atoms with van der Waals surface area (Å²) in [5, 5.41) is 12.1. The number of rotatable bonds is 6. The van der Waals surface area contributed by atoms with Crippen LogP contribution in [-0.4, -0.2) is 79.8 Å². The maximum Gasteiger partial charge on any atom is 0.323 e. The third kappa shape index (κ3) is 4.15. The predicted octanol–water partition coefficient (Wildman–Crippen LogP) is -0.595. The molecule has 2 unspecified atom stereocenters. The molecule has 1 aliphatic rings. The molecular weight excluding hydrogens is 282 g/mol. The lowest BCUT2D eigenvalue weighted by Crippen LogP contribution is -2.55. The van der Waals surface area contributed by atoms with E-state index in [1.165, 1.54) is 10.6 Å². The van der Waals surface area contributed by atoms with Gasteiger partial charge in [-0.2, -0.15) is 4.31 Å². The molecule has 118 valence electrons. The molecule has 0 spiro atoms. The molecule has 0 radical (unpaired) electrons. The highest BCUT2D eigenvalue weighted by molar-refractivity contribution is 7.88. The molecule has 20 heavy (non-hydrogen) atoms. The highest BCUT2D eigenvalue weighted by Crippen LogP contribution is 2.18. The molecule has 2 N–H and O–H groups in total. The van der Waals surface area contributed by atoms with Gasteiger partial charge in [0, 0.05) is 32.2 Å². The quantitative estimate of drug-likeness (QED) is 0.681. The molecule has 1 fully saturated rings. The zero-order valence-electron chi connectivity index (χ0n) is 12.6. The normalized spacial score (nSPS) is 23.2. The molecule has 1 aliphatic heterocycles.